The quantitative estimate of drug-likeness (QED) is 0.720. The Morgan fingerprint density at radius 2 is 1.94 bits per heavy atom. The molecular formula is C24H33N3O3S. The highest BCUT2D eigenvalue weighted by atomic mass is 32.1. The lowest BCUT2D eigenvalue weighted by molar-refractivity contribution is -0.136. The van der Waals surface area contributed by atoms with Gasteiger partial charge in [-0.1, -0.05) is 17.7 Å². The number of ether oxygens (including phenoxy) is 1. The molecule has 2 heterocycles. The van der Waals surface area contributed by atoms with Crippen LogP contribution in [0.3, 0.4) is 0 Å². The summed E-state index contributed by atoms with van der Waals surface area (Å²) >= 11 is 1.73. The van der Waals surface area contributed by atoms with E-state index in [1.54, 1.807) is 16.2 Å². The van der Waals surface area contributed by atoms with Gasteiger partial charge in [0.1, 0.15) is 18.9 Å². The third-order valence-corrected chi connectivity index (χ3v) is 6.52. The van der Waals surface area contributed by atoms with E-state index in [1.807, 2.05) is 63.8 Å². The highest BCUT2D eigenvalue weighted by molar-refractivity contribution is 7.10. The lowest BCUT2D eigenvalue weighted by atomic mass is 10.00. The third-order valence-electron chi connectivity index (χ3n) is 5.52. The molecule has 0 aliphatic carbocycles. The first-order valence-electron chi connectivity index (χ1n) is 10.8. The maximum atomic E-state index is 13.4. The van der Waals surface area contributed by atoms with Crippen LogP contribution in [0.2, 0.25) is 0 Å². The Morgan fingerprint density at radius 3 is 2.58 bits per heavy atom. The molecule has 31 heavy (non-hydrogen) atoms. The summed E-state index contributed by atoms with van der Waals surface area (Å²) in [6.07, 6.45) is 0.830. The zero-order chi connectivity index (χ0) is 22.6. The summed E-state index contributed by atoms with van der Waals surface area (Å²) in [6.45, 7) is 11.3. The summed E-state index contributed by atoms with van der Waals surface area (Å²) in [4.78, 5) is 30.8. The van der Waals surface area contributed by atoms with E-state index in [9.17, 15) is 9.59 Å². The van der Waals surface area contributed by atoms with Crippen LogP contribution in [0.5, 0.6) is 5.75 Å². The van der Waals surface area contributed by atoms with Crippen molar-refractivity contribution in [1.82, 2.24) is 15.1 Å². The van der Waals surface area contributed by atoms with Gasteiger partial charge in [-0.25, -0.2) is 4.79 Å². The van der Waals surface area contributed by atoms with Crippen LogP contribution >= 0.6 is 11.3 Å². The molecule has 3 amide bonds. The van der Waals surface area contributed by atoms with E-state index in [0.717, 1.165) is 17.7 Å². The fourth-order valence-corrected chi connectivity index (χ4v) is 4.70. The fraction of sp³-hybridized carbons (Fsp3) is 0.500. The van der Waals surface area contributed by atoms with Crippen LogP contribution in [0, 0.1) is 6.92 Å². The Morgan fingerprint density at radius 1 is 1.23 bits per heavy atom. The van der Waals surface area contributed by atoms with Crippen LogP contribution in [0.1, 0.15) is 49.7 Å². The number of hydrogen-bond donors (Lipinski definition) is 1. The molecule has 1 aliphatic heterocycles. The van der Waals surface area contributed by atoms with E-state index < -0.39 is 5.54 Å². The number of urea groups is 1. The lowest BCUT2D eigenvalue weighted by Crippen LogP contribution is -2.55. The van der Waals surface area contributed by atoms with E-state index in [0.29, 0.717) is 19.7 Å². The molecule has 2 aromatic rings. The van der Waals surface area contributed by atoms with Gasteiger partial charge in [0.05, 0.1) is 6.04 Å². The first-order chi connectivity index (χ1) is 14.7. The fourth-order valence-electron chi connectivity index (χ4n) is 3.77. The molecule has 0 unspecified atom stereocenters. The molecule has 0 radical (unpaired) electrons. The number of fused-ring (bicyclic) bond motifs is 1. The molecule has 1 aromatic heterocycles. The van der Waals surface area contributed by atoms with Crippen LogP contribution in [0.4, 0.5) is 4.79 Å². The Balaban J connectivity index is 1.79. The lowest BCUT2D eigenvalue weighted by Gasteiger charge is -2.40. The molecule has 0 fully saturated rings. The second-order valence-corrected chi connectivity index (χ2v) is 9.87. The van der Waals surface area contributed by atoms with Crippen molar-refractivity contribution in [2.75, 3.05) is 26.2 Å². The Kier molecular flexibility index (Phi) is 7.26. The van der Waals surface area contributed by atoms with E-state index in [4.69, 9.17) is 4.74 Å². The predicted molar refractivity (Wildman–Crippen MR) is 125 cm³/mol. The van der Waals surface area contributed by atoms with Gasteiger partial charge in [-0.05, 0) is 70.2 Å². The van der Waals surface area contributed by atoms with Crippen molar-refractivity contribution in [3.8, 4) is 5.75 Å². The summed E-state index contributed by atoms with van der Waals surface area (Å²) < 4.78 is 6.08. The van der Waals surface area contributed by atoms with Crippen molar-refractivity contribution in [2.24, 2.45) is 0 Å². The second kappa shape index (κ2) is 9.73. The number of hydrogen-bond acceptors (Lipinski definition) is 4. The summed E-state index contributed by atoms with van der Waals surface area (Å²) in [7, 11) is 0. The Hall–Kier alpha value is -2.54. The number of rotatable bonds is 6. The van der Waals surface area contributed by atoms with E-state index >= 15 is 0 Å². The standard InChI is InChI=1S/C24H33N3O3S/c1-6-25-23(29)27(24(3,4)5)15-22(28)26-13-11-21-19(12-14-31-21)20(26)16-30-18-9-7-17(2)8-10-18/h7-10,12,14,20H,6,11,13,15-16H2,1-5H3,(H,25,29)/t20-/m0/s1. The van der Waals surface area contributed by atoms with Crippen LogP contribution in [-0.2, 0) is 11.2 Å². The minimum Gasteiger partial charge on any atom is -0.491 e. The molecule has 1 aliphatic rings. The monoisotopic (exact) mass is 443 g/mol. The number of aryl methyl sites for hydroxylation is 1. The van der Waals surface area contributed by atoms with Crippen LogP contribution in [0.15, 0.2) is 35.7 Å². The van der Waals surface area contributed by atoms with Gasteiger partial charge in [-0.2, -0.15) is 0 Å². The number of nitrogens with zero attached hydrogens (tertiary/aromatic N) is 2. The van der Waals surface area contributed by atoms with Crippen molar-refractivity contribution in [3.05, 3.63) is 51.7 Å². The average molecular weight is 444 g/mol. The molecule has 168 valence electrons. The highest BCUT2D eigenvalue weighted by Gasteiger charge is 2.35. The largest absolute Gasteiger partial charge is 0.491 e. The summed E-state index contributed by atoms with van der Waals surface area (Å²) in [5.41, 5.74) is 1.86. The van der Waals surface area contributed by atoms with Gasteiger partial charge in [-0.15, -0.1) is 11.3 Å². The predicted octanol–water partition coefficient (Wildman–Crippen LogP) is 4.39. The van der Waals surface area contributed by atoms with Gasteiger partial charge in [-0.3, -0.25) is 4.79 Å². The molecule has 6 nitrogen and oxygen atoms in total. The zero-order valence-corrected chi connectivity index (χ0v) is 19.9. The van der Waals surface area contributed by atoms with Crippen LogP contribution in [0.25, 0.3) is 0 Å². The van der Waals surface area contributed by atoms with E-state index in [2.05, 4.69) is 16.8 Å². The zero-order valence-electron chi connectivity index (χ0n) is 19.1. The normalized spacial score (nSPS) is 15.9. The van der Waals surface area contributed by atoms with Crippen molar-refractivity contribution in [2.45, 2.75) is 52.6 Å². The Labute approximate surface area is 189 Å². The molecule has 3 rings (SSSR count). The molecule has 7 heteroatoms. The van der Waals surface area contributed by atoms with Gasteiger partial charge in [0, 0.05) is 23.5 Å². The first-order valence-corrected chi connectivity index (χ1v) is 11.7. The molecule has 0 saturated heterocycles. The van der Waals surface area contributed by atoms with Crippen molar-refractivity contribution in [3.63, 3.8) is 0 Å². The molecule has 1 atom stereocenters. The average Bonchev–Trinajstić information content (AvgIpc) is 3.19. The molecule has 1 N–H and O–H groups in total. The van der Waals surface area contributed by atoms with E-state index in [-0.39, 0.29) is 24.5 Å². The van der Waals surface area contributed by atoms with Gasteiger partial charge in [0.15, 0.2) is 0 Å². The molecule has 0 saturated carbocycles. The molecule has 1 aromatic carbocycles. The number of carbonyl (C=O) groups excluding carboxylic acids is 2. The first kappa shape index (κ1) is 23.1. The van der Waals surface area contributed by atoms with E-state index in [1.165, 1.54) is 10.4 Å². The van der Waals surface area contributed by atoms with Crippen LogP contribution in [-0.4, -0.2) is 53.5 Å². The van der Waals surface area contributed by atoms with Gasteiger partial charge in [0.2, 0.25) is 5.91 Å². The number of thiophene rings is 1. The third kappa shape index (κ3) is 5.58. The topological polar surface area (TPSA) is 61.9 Å². The molecule has 0 bridgehead atoms. The number of amides is 3. The minimum atomic E-state index is -0.466. The van der Waals surface area contributed by atoms with Crippen molar-refractivity contribution in [1.29, 1.82) is 0 Å². The summed E-state index contributed by atoms with van der Waals surface area (Å²) in [5.74, 6) is 0.731. The second-order valence-electron chi connectivity index (χ2n) is 8.87. The summed E-state index contributed by atoms with van der Waals surface area (Å²) in [5, 5.41) is 4.90. The number of benzene rings is 1. The van der Waals surface area contributed by atoms with Crippen molar-refractivity contribution >= 4 is 23.3 Å². The summed E-state index contributed by atoms with van der Waals surface area (Å²) in [6, 6.07) is 9.65. The number of nitrogens with one attached hydrogen (secondary N) is 1. The molecular weight excluding hydrogens is 410 g/mol. The smallest absolute Gasteiger partial charge is 0.318 e. The molecule has 0 spiro atoms. The van der Waals surface area contributed by atoms with Crippen LogP contribution < -0.4 is 10.1 Å². The van der Waals surface area contributed by atoms with Gasteiger partial charge in [0.25, 0.3) is 0 Å². The maximum absolute atomic E-state index is 13.4. The SMILES string of the molecule is CCNC(=O)N(CC(=O)N1CCc2sccc2[C@@H]1COc1ccc(C)cc1)C(C)(C)C. The van der Waals surface area contributed by atoms with Gasteiger partial charge < -0.3 is 19.9 Å². The van der Waals surface area contributed by atoms with Crippen molar-refractivity contribution < 1.29 is 14.3 Å². The number of carbonyl (C=O) groups is 2. The van der Waals surface area contributed by atoms with Gasteiger partial charge >= 0.3 is 6.03 Å². The minimum absolute atomic E-state index is 0.0375. The highest BCUT2D eigenvalue weighted by Crippen LogP contribution is 2.34. The Bertz CT molecular complexity index is 902. The maximum Gasteiger partial charge on any atom is 0.318 e.